The molecule has 1 N–H and O–H groups in total. The zero-order valence-corrected chi connectivity index (χ0v) is 8.93. The minimum Gasteiger partial charge on any atom is -0.316 e. The van der Waals surface area contributed by atoms with E-state index in [2.05, 4.69) is 5.32 Å². The second-order valence-corrected chi connectivity index (χ2v) is 4.86. The second-order valence-electron chi connectivity index (χ2n) is 4.86. The minimum absolute atomic E-state index is 0.337. The molecule has 80 valence electrons. The third-order valence-electron chi connectivity index (χ3n) is 3.72. The normalized spacial score (nSPS) is 29.3. The van der Waals surface area contributed by atoms with Crippen LogP contribution >= 0.6 is 0 Å². The second kappa shape index (κ2) is 4.92. The Morgan fingerprint density at radius 2 is 1.93 bits per heavy atom. The third-order valence-corrected chi connectivity index (χ3v) is 3.72. The first-order valence-electron chi connectivity index (χ1n) is 6.09. The Kier molecular flexibility index (Phi) is 3.57. The minimum atomic E-state index is 0.337. The summed E-state index contributed by atoms with van der Waals surface area (Å²) in [6.07, 6.45) is 8.46. The van der Waals surface area contributed by atoms with E-state index < -0.39 is 0 Å². The highest BCUT2D eigenvalue weighted by Crippen LogP contribution is 2.29. The highest BCUT2D eigenvalue weighted by Gasteiger charge is 2.25. The van der Waals surface area contributed by atoms with Crippen LogP contribution in [0.25, 0.3) is 0 Å². The molecular formula is C12H21NO. The molecule has 2 heteroatoms. The number of rotatable bonds is 3. The van der Waals surface area contributed by atoms with Crippen LogP contribution in [0.3, 0.4) is 0 Å². The predicted molar refractivity (Wildman–Crippen MR) is 57.2 cm³/mol. The molecule has 0 aromatic carbocycles. The van der Waals surface area contributed by atoms with E-state index in [0.717, 1.165) is 31.8 Å². The summed E-state index contributed by atoms with van der Waals surface area (Å²) in [6, 6.07) is 0. The van der Waals surface area contributed by atoms with Crippen molar-refractivity contribution in [3.8, 4) is 0 Å². The van der Waals surface area contributed by atoms with Gasteiger partial charge in [-0.1, -0.05) is 25.7 Å². The van der Waals surface area contributed by atoms with Gasteiger partial charge in [-0.3, -0.25) is 4.79 Å². The quantitative estimate of drug-likeness (QED) is 0.747. The molecule has 1 saturated carbocycles. The summed E-state index contributed by atoms with van der Waals surface area (Å²) < 4.78 is 0. The van der Waals surface area contributed by atoms with E-state index in [9.17, 15) is 4.79 Å². The predicted octanol–water partition coefficient (Wildman–Crippen LogP) is 2.14. The SMILES string of the molecule is O=C(CC1CCCC1)C1CCCNC1. The van der Waals surface area contributed by atoms with Gasteiger partial charge in [0.1, 0.15) is 5.78 Å². The molecule has 1 saturated heterocycles. The van der Waals surface area contributed by atoms with Crippen LogP contribution in [0, 0.1) is 11.8 Å². The lowest BCUT2D eigenvalue weighted by atomic mass is 9.89. The van der Waals surface area contributed by atoms with Crippen molar-refractivity contribution < 1.29 is 4.79 Å². The lowest BCUT2D eigenvalue weighted by Gasteiger charge is -2.22. The average Bonchev–Trinajstić information content (AvgIpc) is 2.72. The topological polar surface area (TPSA) is 29.1 Å². The fraction of sp³-hybridized carbons (Fsp3) is 0.917. The maximum atomic E-state index is 11.9. The van der Waals surface area contributed by atoms with Crippen molar-refractivity contribution >= 4 is 5.78 Å². The number of carbonyl (C=O) groups is 1. The first-order chi connectivity index (χ1) is 6.86. The summed E-state index contributed by atoms with van der Waals surface area (Å²) >= 11 is 0. The van der Waals surface area contributed by atoms with E-state index in [1.807, 2.05) is 0 Å². The zero-order chi connectivity index (χ0) is 9.80. The Labute approximate surface area is 86.5 Å². The van der Waals surface area contributed by atoms with E-state index in [1.165, 1.54) is 32.1 Å². The summed E-state index contributed by atoms with van der Waals surface area (Å²) in [5.41, 5.74) is 0. The van der Waals surface area contributed by atoms with Crippen LogP contribution in [0.5, 0.6) is 0 Å². The molecule has 0 aromatic rings. The van der Waals surface area contributed by atoms with Crippen LogP contribution < -0.4 is 5.32 Å². The van der Waals surface area contributed by atoms with Gasteiger partial charge < -0.3 is 5.32 Å². The third kappa shape index (κ3) is 2.57. The summed E-state index contributed by atoms with van der Waals surface area (Å²) in [4.78, 5) is 11.9. The Hall–Kier alpha value is -0.370. The number of nitrogens with one attached hydrogen (secondary N) is 1. The van der Waals surface area contributed by atoms with Crippen molar-refractivity contribution in [3.05, 3.63) is 0 Å². The Balaban J connectivity index is 1.75. The van der Waals surface area contributed by atoms with Gasteiger partial charge in [-0.25, -0.2) is 0 Å². The number of Topliss-reactive ketones (excluding diaryl/α,β-unsaturated/α-hetero) is 1. The van der Waals surface area contributed by atoms with E-state index >= 15 is 0 Å². The lowest BCUT2D eigenvalue weighted by Crippen LogP contribution is -2.34. The molecule has 1 unspecified atom stereocenters. The molecule has 1 aliphatic carbocycles. The lowest BCUT2D eigenvalue weighted by molar-refractivity contribution is -0.124. The van der Waals surface area contributed by atoms with Crippen LogP contribution in [0.1, 0.15) is 44.9 Å². The molecule has 0 amide bonds. The van der Waals surface area contributed by atoms with Crippen LogP contribution in [0.4, 0.5) is 0 Å². The molecule has 1 atom stereocenters. The van der Waals surface area contributed by atoms with Gasteiger partial charge in [0.25, 0.3) is 0 Å². The summed E-state index contributed by atoms with van der Waals surface area (Å²) in [6.45, 7) is 2.04. The molecule has 2 rings (SSSR count). The van der Waals surface area contributed by atoms with Crippen molar-refractivity contribution in [3.63, 3.8) is 0 Å². The van der Waals surface area contributed by atoms with Crippen molar-refractivity contribution in [2.75, 3.05) is 13.1 Å². The number of hydrogen-bond donors (Lipinski definition) is 1. The average molecular weight is 195 g/mol. The van der Waals surface area contributed by atoms with E-state index in [4.69, 9.17) is 0 Å². The molecular weight excluding hydrogens is 174 g/mol. The van der Waals surface area contributed by atoms with E-state index in [-0.39, 0.29) is 0 Å². The van der Waals surface area contributed by atoms with Crippen LogP contribution in [0.15, 0.2) is 0 Å². The molecule has 1 aliphatic heterocycles. The first kappa shape index (κ1) is 10.2. The van der Waals surface area contributed by atoms with Crippen molar-refractivity contribution in [2.24, 2.45) is 11.8 Å². The monoisotopic (exact) mass is 195 g/mol. The number of piperidine rings is 1. The zero-order valence-electron chi connectivity index (χ0n) is 8.93. The van der Waals surface area contributed by atoms with Gasteiger partial charge >= 0.3 is 0 Å². The smallest absolute Gasteiger partial charge is 0.137 e. The van der Waals surface area contributed by atoms with Gasteiger partial charge in [-0.15, -0.1) is 0 Å². The molecule has 2 aliphatic rings. The van der Waals surface area contributed by atoms with Crippen molar-refractivity contribution in [1.82, 2.24) is 5.32 Å². The van der Waals surface area contributed by atoms with Crippen LogP contribution in [-0.2, 0) is 4.79 Å². The van der Waals surface area contributed by atoms with Gasteiger partial charge in [0, 0.05) is 18.9 Å². The van der Waals surface area contributed by atoms with Crippen molar-refractivity contribution in [2.45, 2.75) is 44.9 Å². The molecule has 2 nitrogen and oxygen atoms in total. The summed E-state index contributed by atoms with van der Waals surface area (Å²) in [5.74, 6) is 1.60. The fourth-order valence-corrected chi connectivity index (χ4v) is 2.79. The molecule has 0 radical (unpaired) electrons. The molecule has 0 bridgehead atoms. The molecule has 14 heavy (non-hydrogen) atoms. The summed E-state index contributed by atoms with van der Waals surface area (Å²) in [7, 11) is 0. The molecule has 1 heterocycles. The van der Waals surface area contributed by atoms with E-state index in [0.29, 0.717) is 11.7 Å². The number of hydrogen-bond acceptors (Lipinski definition) is 2. The van der Waals surface area contributed by atoms with Crippen LogP contribution in [0.2, 0.25) is 0 Å². The Morgan fingerprint density at radius 1 is 1.14 bits per heavy atom. The highest BCUT2D eigenvalue weighted by molar-refractivity contribution is 5.81. The first-order valence-corrected chi connectivity index (χ1v) is 6.09. The molecule has 0 spiro atoms. The summed E-state index contributed by atoms with van der Waals surface area (Å²) in [5, 5.41) is 3.32. The van der Waals surface area contributed by atoms with Gasteiger partial charge in [-0.05, 0) is 25.3 Å². The Bertz CT molecular complexity index is 190. The maximum absolute atomic E-state index is 11.9. The molecule has 0 aromatic heterocycles. The van der Waals surface area contributed by atoms with Gasteiger partial charge in [0.15, 0.2) is 0 Å². The Morgan fingerprint density at radius 3 is 2.57 bits per heavy atom. The van der Waals surface area contributed by atoms with Gasteiger partial charge in [-0.2, -0.15) is 0 Å². The van der Waals surface area contributed by atoms with Gasteiger partial charge in [0.2, 0.25) is 0 Å². The maximum Gasteiger partial charge on any atom is 0.137 e. The highest BCUT2D eigenvalue weighted by atomic mass is 16.1. The number of ketones is 1. The standard InChI is InChI=1S/C12H21NO/c14-12(8-10-4-1-2-5-10)11-6-3-7-13-9-11/h10-11,13H,1-9H2. The fourth-order valence-electron chi connectivity index (χ4n) is 2.79. The van der Waals surface area contributed by atoms with Crippen LogP contribution in [-0.4, -0.2) is 18.9 Å². The van der Waals surface area contributed by atoms with E-state index in [1.54, 1.807) is 0 Å². The van der Waals surface area contributed by atoms with Crippen molar-refractivity contribution in [1.29, 1.82) is 0 Å². The number of carbonyl (C=O) groups excluding carboxylic acids is 1. The van der Waals surface area contributed by atoms with Gasteiger partial charge in [0.05, 0.1) is 0 Å². The largest absolute Gasteiger partial charge is 0.316 e. The molecule has 2 fully saturated rings.